The summed E-state index contributed by atoms with van der Waals surface area (Å²) < 4.78 is 0. The molecule has 1 aromatic carbocycles. The molecule has 0 saturated carbocycles. The molecule has 0 atom stereocenters. The van der Waals surface area contributed by atoms with Crippen LogP contribution in [0.4, 0.5) is 0 Å². The van der Waals surface area contributed by atoms with Crippen molar-refractivity contribution in [1.82, 2.24) is 0 Å². The average Bonchev–Trinajstić information content (AvgIpc) is 2.44. The quantitative estimate of drug-likeness (QED) is 0.644. The van der Waals surface area contributed by atoms with E-state index in [1.807, 2.05) is 6.08 Å². The maximum Gasteiger partial charge on any atom is -0.0162 e. The smallest absolute Gasteiger partial charge is 0.0162 e. The van der Waals surface area contributed by atoms with Gasteiger partial charge in [0.25, 0.3) is 0 Å². The van der Waals surface area contributed by atoms with E-state index in [4.69, 9.17) is 0 Å². The molecule has 0 heterocycles. The van der Waals surface area contributed by atoms with Crippen molar-refractivity contribution in [3.05, 3.63) is 58.5 Å². The van der Waals surface area contributed by atoms with Crippen LogP contribution in [-0.4, -0.2) is 0 Å². The van der Waals surface area contributed by atoms with Crippen LogP contribution in [0.1, 0.15) is 17.5 Å². The fourth-order valence-corrected chi connectivity index (χ4v) is 1.74. The summed E-state index contributed by atoms with van der Waals surface area (Å²) in [4.78, 5) is 0. The Morgan fingerprint density at radius 3 is 2.40 bits per heavy atom. The van der Waals surface area contributed by atoms with E-state index in [0.29, 0.717) is 0 Å². The SMILES string of the molecule is C=C/C=c1/cc2c(cc1=C)C=CCC=C2. The monoisotopic (exact) mass is 194 g/mol. The molecule has 0 N–H and O–H groups in total. The molecule has 0 aromatic heterocycles. The molecular formula is C15H14. The number of hydrogen-bond donors (Lipinski definition) is 0. The number of hydrogen-bond acceptors (Lipinski definition) is 0. The fourth-order valence-electron chi connectivity index (χ4n) is 1.74. The van der Waals surface area contributed by atoms with E-state index < -0.39 is 0 Å². The summed E-state index contributed by atoms with van der Waals surface area (Å²) in [6.45, 7) is 7.75. The summed E-state index contributed by atoms with van der Waals surface area (Å²) in [5.74, 6) is 0. The lowest BCUT2D eigenvalue weighted by Gasteiger charge is -2.00. The maximum atomic E-state index is 4.04. The van der Waals surface area contributed by atoms with Gasteiger partial charge in [0.1, 0.15) is 0 Å². The molecule has 0 radical (unpaired) electrons. The molecule has 15 heavy (non-hydrogen) atoms. The van der Waals surface area contributed by atoms with Gasteiger partial charge in [-0.05, 0) is 40.1 Å². The van der Waals surface area contributed by atoms with Gasteiger partial charge in [0.15, 0.2) is 0 Å². The summed E-state index contributed by atoms with van der Waals surface area (Å²) >= 11 is 0. The Bertz CT molecular complexity index is 542. The number of rotatable bonds is 1. The second kappa shape index (κ2) is 4.14. The molecule has 0 saturated heterocycles. The Balaban J connectivity index is 2.74. The summed E-state index contributed by atoms with van der Waals surface area (Å²) in [6, 6.07) is 4.28. The van der Waals surface area contributed by atoms with Gasteiger partial charge in [-0.15, -0.1) is 0 Å². The van der Waals surface area contributed by atoms with Crippen molar-refractivity contribution in [2.45, 2.75) is 6.42 Å². The zero-order valence-corrected chi connectivity index (χ0v) is 8.74. The van der Waals surface area contributed by atoms with E-state index in [1.54, 1.807) is 6.08 Å². The minimum Gasteiger partial charge on any atom is -0.0990 e. The Hall–Kier alpha value is -1.82. The van der Waals surface area contributed by atoms with Gasteiger partial charge < -0.3 is 0 Å². The molecule has 0 fully saturated rings. The summed E-state index contributed by atoms with van der Waals surface area (Å²) in [5.41, 5.74) is 2.50. The first-order valence-electron chi connectivity index (χ1n) is 5.10. The first-order valence-corrected chi connectivity index (χ1v) is 5.10. The zero-order chi connectivity index (χ0) is 10.7. The molecule has 0 aliphatic heterocycles. The summed E-state index contributed by atoms with van der Waals surface area (Å²) in [5, 5.41) is 2.19. The third-order valence-electron chi connectivity index (χ3n) is 2.51. The minimum atomic E-state index is 1.00. The van der Waals surface area contributed by atoms with E-state index in [0.717, 1.165) is 16.9 Å². The minimum absolute atomic E-state index is 1.00. The van der Waals surface area contributed by atoms with E-state index in [2.05, 4.69) is 49.6 Å². The normalized spacial score (nSPS) is 14.8. The predicted octanol–water partition coefficient (Wildman–Crippen LogP) is 2.49. The molecule has 1 aliphatic carbocycles. The molecule has 1 aromatic rings. The molecule has 2 rings (SSSR count). The van der Waals surface area contributed by atoms with Gasteiger partial charge in [0.2, 0.25) is 0 Å². The highest BCUT2D eigenvalue weighted by Gasteiger charge is 1.98. The van der Waals surface area contributed by atoms with Crippen molar-refractivity contribution >= 4 is 24.8 Å². The van der Waals surface area contributed by atoms with Crippen molar-refractivity contribution < 1.29 is 0 Å². The van der Waals surface area contributed by atoms with Crippen LogP contribution in [0.5, 0.6) is 0 Å². The van der Waals surface area contributed by atoms with E-state index in [1.165, 1.54) is 11.1 Å². The highest BCUT2D eigenvalue weighted by Crippen LogP contribution is 2.13. The first kappa shape index (κ1) is 9.72. The highest BCUT2D eigenvalue weighted by molar-refractivity contribution is 5.67. The van der Waals surface area contributed by atoms with E-state index in [-0.39, 0.29) is 0 Å². The Morgan fingerprint density at radius 1 is 1.07 bits per heavy atom. The summed E-state index contributed by atoms with van der Waals surface area (Å²) in [6.07, 6.45) is 13.4. The average molecular weight is 194 g/mol. The molecule has 74 valence electrons. The second-order valence-electron chi connectivity index (χ2n) is 3.62. The molecule has 0 unspecified atom stereocenters. The van der Waals surface area contributed by atoms with E-state index in [9.17, 15) is 0 Å². The van der Waals surface area contributed by atoms with Crippen LogP contribution in [0, 0.1) is 0 Å². The number of benzene rings is 1. The molecule has 0 spiro atoms. The van der Waals surface area contributed by atoms with Crippen molar-refractivity contribution in [2.75, 3.05) is 0 Å². The van der Waals surface area contributed by atoms with Crippen molar-refractivity contribution in [2.24, 2.45) is 0 Å². The van der Waals surface area contributed by atoms with Gasteiger partial charge in [-0.1, -0.05) is 49.6 Å². The largest absolute Gasteiger partial charge is 0.0990 e. The van der Waals surface area contributed by atoms with Crippen LogP contribution in [-0.2, 0) is 0 Å². The Labute approximate surface area is 90.3 Å². The lowest BCUT2D eigenvalue weighted by atomic mass is 10.0. The van der Waals surface area contributed by atoms with Crippen LogP contribution in [0.2, 0.25) is 0 Å². The molecule has 0 bridgehead atoms. The van der Waals surface area contributed by atoms with Gasteiger partial charge in [-0.2, -0.15) is 0 Å². The van der Waals surface area contributed by atoms with Crippen LogP contribution in [0.3, 0.4) is 0 Å². The third-order valence-corrected chi connectivity index (χ3v) is 2.51. The zero-order valence-electron chi connectivity index (χ0n) is 8.74. The number of allylic oxidation sites excluding steroid dienone is 3. The lowest BCUT2D eigenvalue weighted by molar-refractivity contribution is 1.44. The van der Waals surface area contributed by atoms with Crippen LogP contribution < -0.4 is 10.4 Å². The van der Waals surface area contributed by atoms with Crippen LogP contribution in [0.15, 0.2) is 36.9 Å². The van der Waals surface area contributed by atoms with E-state index >= 15 is 0 Å². The lowest BCUT2D eigenvalue weighted by Crippen LogP contribution is -2.23. The van der Waals surface area contributed by atoms with Crippen LogP contribution >= 0.6 is 0 Å². The van der Waals surface area contributed by atoms with Crippen molar-refractivity contribution in [3.63, 3.8) is 0 Å². The maximum absolute atomic E-state index is 4.04. The van der Waals surface area contributed by atoms with Gasteiger partial charge in [0.05, 0.1) is 0 Å². The molecular weight excluding hydrogens is 180 g/mol. The van der Waals surface area contributed by atoms with Gasteiger partial charge in [0, 0.05) is 0 Å². The summed E-state index contributed by atoms with van der Waals surface area (Å²) in [7, 11) is 0. The van der Waals surface area contributed by atoms with Gasteiger partial charge in [-0.25, -0.2) is 0 Å². The third kappa shape index (κ3) is 1.99. The first-order chi connectivity index (χ1) is 7.31. The molecule has 0 heteroatoms. The Kier molecular flexibility index (Phi) is 2.68. The molecule has 0 amide bonds. The second-order valence-corrected chi connectivity index (χ2v) is 3.62. The topological polar surface area (TPSA) is 0 Å². The predicted molar refractivity (Wildman–Crippen MR) is 68.6 cm³/mol. The van der Waals surface area contributed by atoms with Crippen molar-refractivity contribution in [3.8, 4) is 0 Å². The molecule has 1 aliphatic rings. The fraction of sp³-hybridized carbons (Fsp3) is 0.0667. The van der Waals surface area contributed by atoms with Gasteiger partial charge >= 0.3 is 0 Å². The molecule has 0 nitrogen and oxygen atoms in total. The van der Waals surface area contributed by atoms with Gasteiger partial charge in [-0.3, -0.25) is 0 Å². The standard InChI is InChI=1S/C15H14/c1-3-7-13-11-15-9-6-4-5-8-14(15)10-12(13)2/h3,5-11H,1-2,4H2/b13-7-. The number of fused-ring (bicyclic) bond motifs is 1. The van der Waals surface area contributed by atoms with Crippen LogP contribution in [0.25, 0.3) is 24.8 Å². The highest BCUT2D eigenvalue weighted by atomic mass is 14.0. The Morgan fingerprint density at radius 2 is 1.73 bits per heavy atom. The van der Waals surface area contributed by atoms with Crippen molar-refractivity contribution in [1.29, 1.82) is 0 Å².